The second-order valence-corrected chi connectivity index (χ2v) is 8.08. The van der Waals surface area contributed by atoms with E-state index in [1.165, 1.54) is 47.4 Å². The Kier molecular flexibility index (Phi) is 5.38. The summed E-state index contributed by atoms with van der Waals surface area (Å²) in [4.78, 5) is 3.70. The van der Waals surface area contributed by atoms with E-state index in [9.17, 15) is 12.8 Å². The summed E-state index contributed by atoms with van der Waals surface area (Å²) >= 11 is 17.7. The molecule has 11 heteroatoms. The van der Waals surface area contributed by atoms with Crippen molar-refractivity contribution in [2.45, 2.75) is 11.4 Å². The lowest BCUT2D eigenvalue weighted by Gasteiger charge is -2.07. The van der Waals surface area contributed by atoms with Gasteiger partial charge in [-0.3, -0.25) is 0 Å². The van der Waals surface area contributed by atoms with Gasteiger partial charge in [-0.25, -0.2) is 22.2 Å². The highest BCUT2D eigenvalue weighted by atomic mass is 35.5. The van der Waals surface area contributed by atoms with E-state index < -0.39 is 15.8 Å². The van der Waals surface area contributed by atoms with Crippen molar-refractivity contribution in [3.8, 4) is 0 Å². The van der Waals surface area contributed by atoms with Crippen LogP contribution >= 0.6 is 34.8 Å². The van der Waals surface area contributed by atoms with Gasteiger partial charge in [0, 0.05) is 10.0 Å². The van der Waals surface area contributed by atoms with Crippen molar-refractivity contribution >= 4 is 50.8 Å². The van der Waals surface area contributed by atoms with Crippen molar-refractivity contribution in [2.75, 3.05) is 4.72 Å². The molecule has 0 radical (unpaired) electrons. The Morgan fingerprint density at radius 2 is 1.85 bits per heavy atom. The fraction of sp³-hybridized carbons (Fsp3) is 0.0667. The van der Waals surface area contributed by atoms with Crippen LogP contribution in [0.4, 0.5) is 10.3 Å². The molecule has 0 spiro atoms. The third-order valence-electron chi connectivity index (χ3n) is 3.29. The Morgan fingerprint density at radius 1 is 1.08 bits per heavy atom. The molecule has 3 aromatic rings. The number of benzene rings is 2. The van der Waals surface area contributed by atoms with Gasteiger partial charge in [-0.1, -0.05) is 40.9 Å². The molecule has 26 heavy (non-hydrogen) atoms. The van der Waals surface area contributed by atoms with Crippen LogP contribution in [0, 0.1) is 5.82 Å². The second kappa shape index (κ2) is 7.40. The third kappa shape index (κ3) is 4.27. The summed E-state index contributed by atoms with van der Waals surface area (Å²) < 4.78 is 41.5. The molecule has 0 saturated carbocycles. The number of anilines is 1. The van der Waals surface area contributed by atoms with Crippen molar-refractivity contribution in [3.63, 3.8) is 0 Å². The van der Waals surface area contributed by atoms with Crippen LogP contribution in [-0.2, 0) is 16.6 Å². The first-order chi connectivity index (χ1) is 12.2. The number of nitrogens with zero attached hydrogens (tertiary/aromatic N) is 3. The maximum Gasteiger partial charge on any atom is 0.265 e. The molecule has 0 saturated heterocycles. The first-order valence-electron chi connectivity index (χ1n) is 7.06. The van der Waals surface area contributed by atoms with Crippen LogP contribution in [0.3, 0.4) is 0 Å². The summed E-state index contributed by atoms with van der Waals surface area (Å²) in [5.74, 6) is -0.608. The zero-order valence-corrected chi connectivity index (χ0v) is 15.9. The Hall–Kier alpha value is -1.87. The van der Waals surface area contributed by atoms with Crippen LogP contribution in [0.15, 0.2) is 47.6 Å². The van der Waals surface area contributed by atoms with Gasteiger partial charge in [-0.2, -0.15) is 4.98 Å². The molecule has 1 N–H and O–H groups in total. The SMILES string of the molecule is O=S(=O)(Nc1ncn(Cc2ccc(F)cc2Cl)n1)c1cc(Cl)ccc1Cl. The van der Waals surface area contributed by atoms with Gasteiger partial charge in [0.25, 0.3) is 16.0 Å². The van der Waals surface area contributed by atoms with Crippen LogP contribution in [-0.4, -0.2) is 23.2 Å². The Balaban J connectivity index is 1.80. The summed E-state index contributed by atoms with van der Waals surface area (Å²) in [6.45, 7) is 0.186. The highest BCUT2D eigenvalue weighted by Gasteiger charge is 2.20. The summed E-state index contributed by atoms with van der Waals surface area (Å²) in [7, 11) is -4.02. The largest absolute Gasteiger partial charge is 0.265 e. The molecule has 1 aromatic heterocycles. The average molecular weight is 436 g/mol. The molecule has 0 unspecified atom stereocenters. The first-order valence-corrected chi connectivity index (χ1v) is 9.67. The van der Waals surface area contributed by atoms with E-state index in [-0.39, 0.29) is 32.5 Å². The van der Waals surface area contributed by atoms with Gasteiger partial charge in [-0.15, -0.1) is 5.10 Å². The van der Waals surface area contributed by atoms with Crippen LogP contribution < -0.4 is 4.72 Å². The van der Waals surface area contributed by atoms with Crippen LogP contribution in [0.2, 0.25) is 15.1 Å². The van der Waals surface area contributed by atoms with Crippen molar-refractivity contribution in [1.82, 2.24) is 14.8 Å². The molecule has 0 fully saturated rings. The Morgan fingerprint density at radius 3 is 2.58 bits per heavy atom. The number of rotatable bonds is 5. The minimum Gasteiger partial charge on any atom is -0.246 e. The third-order valence-corrected chi connectivity index (χ3v) is 5.69. The first kappa shape index (κ1) is 18.9. The molecule has 136 valence electrons. The van der Waals surface area contributed by atoms with Gasteiger partial charge in [0.2, 0.25) is 0 Å². The smallest absolute Gasteiger partial charge is 0.246 e. The maximum atomic E-state index is 13.1. The molecule has 0 aliphatic heterocycles. The highest BCUT2D eigenvalue weighted by Crippen LogP contribution is 2.26. The fourth-order valence-electron chi connectivity index (χ4n) is 2.10. The minimum atomic E-state index is -4.02. The van der Waals surface area contributed by atoms with Crippen LogP contribution in [0.25, 0.3) is 0 Å². The zero-order chi connectivity index (χ0) is 18.9. The second-order valence-electron chi connectivity index (χ2n) is 5.18. The van der Waals surface area contributed by atoms with E-state index >= 15 is 0 Å². The van der Waals surface area contributed by atoms with Crippen LogP contribution in [0.1, 0.15) is 5.56 Å². The van der Waals surface area contributed by atoms with E-state index in [1.807, 2.05) is 0 Å². The zero-order valence-electron chi connectivity index (χ0n) is 12.8. The summed E-state index contributed by atoms with van der Waals surface area (Å²) in [5, 5.41) is 4.48. The van der Waals surface area contributed by atoms with Gasteiger partial charge in [-0.05, 0) is 35.9 Å². The molecule has 0 aliphatic rings. The standard InChI is InChI=1S/C15H10Cl3FN4O2S/c16-10-2-4-12(17)14(5-10)26(24,25)22-15-20-8-23(21-15)7-9-1-3-11(19)6-13(9)18/h1-6,8H,7H2,(H,21,22). The van der Waals surface area contributed by atoms with Crippen molar-refractivity contribution in [1.29, 1.82) is 0 Å². The molecule has 0 aliphatic carbocycles. The quantitative estimate of drug-likeness (QED) is 0.651. The Bertz CT molecular complexity index is 1070. The Labute approximate surface area is 163 Å². The number of nitrogens with one attached hydrogen (secondary N) is 1. The van der Waals surface area contributed by atoms with E-state index in [1.54, 1.807) is 0 Å². The molecular weight excluding hydrogens is 426 g/mol. The number of hydrogen-bond donors (Lipinski definition) is 1. The number of sulfonamides is 1. The maximum absolute atomic E-state index is 13.1. The molecule has 3 rings (SSSR count). The molecular formula is C15H10Cl3FN4O2S. The molecule has 6 nitrogen and oxygen atoms in total. The lowest BCUT2D eigenvalue weighted by atomic mass is 10.2. The minimum absolute atomic E-state index is 0.0134. The van der Waals surface area contributed by atoms with Gasteiger partial charge in [0.1, 0.15) is 17.0 Å². The molecule has 0 bridgehead atoms. The van der Waals surface area contributed by atoms with E-state index in [0.717, 1.165) is 0 Å². The van der Waals surface area contributed by atoms with Crippen molar-refractivity contribution in [2.24, 2.45) is 0 Å². The van der Waals surface area contributed by atoms with Gasteiger partial charge < -0.3 is 0 Å². The van der Waals surface area contributed by atoms with E-state index in [0.29, 0.717) is 5.56 Å². The normalized spacial score (nSPS) is 11.5. The summed E-state index contributed by atoms with van der Waals surface area (Å²) in [5.41, 5.74) is 0.602. The average Bonchev–Trinajstić information content (AvgIpc) is 2.98. The number of aromatic nitrogens is 3. The van der Waals surface area contributed by atoms with Crippen molar-refractivity contribution in [3.05, 3.63) is 69.2 Å². The fourth-order valence-corrected chi connectivity index (χ4v) is 4.04. The lowest BCUT2D eigenvalue weighted by molar-refractivity contribution is 0.600. The van der Waals surface area contributed by atoms with Gasteiger partial charge in [0.05, 0.1) is 11.6 Å². The summed E-state index contributed by atoms with van der Waals surface area (Å²) in [6.07, 6.45) is 1.32. The predicted octanol–water partition coefficient (Wildman–Crippen LogP) is 4.23. The molecule has 2 aromatic carbocycles. The van der Waals surface area contributed by atoms with Crippen molar-refractivity contribution < 1.29 is 12.8 Å². The monoisotopic (exact) mass is 434 g/mol. The van der Waals surface area contributed by atoms with Gasteiger partial charge >= 0.3 is 0 Å². The number of hydrogen-bond acceptors (Lipinski definition) is 4. The lowest BCUT2D eigenvalue weighted by Crippen LogP contribution is -2.15. The van der Waals surface area contributed by atoms with Gasteiger partial charge in [0.15, 0.2) is 0 Å². The molecule has 1 heterocycles. The van der Waals surface area contributed by atoms with Crippen LogP contribution in [0.5, 0.6) is 0 Å². The van der Waals surface area contributed by atoms with E-state index in [4.69, 9.17) is 34.8 Å². The molecule has 0 amide bonds. The predicted molar refractivity (Wildman–Crippen MR) is 97.8 cm³/mol. The molecule has 0 atom stereocenters. The van der Waals surface area contributed by atoms with E-state index in [2.05, 4.69) is 14.8 Å². The topological polar surface area (TPSA) is 76.9 Å². The summed E-state index contributed by atoms with van der Waals surface area (Å²) in [6, 6.07) is 8.03. The highest BCUT2D eigenvalue weighted by molar-refractivity contribution is 7.92. The number of halogens is 4.